The third-order valence-corrected chi connectivity index (χ3v) is 6.69. The lowest BCUT2D eigenvalue weighted by atomic mass is 9.95. The molecule has 1 saturated heterocycles. The molecule has 0 spiro atoms. The van der Waals surface area contributed by atoms with Gasteiger partial charge in [-0.1, -0.05) is 30.3 Å². The Labute approximate surface area is 203 Å². The normalized spacial score (nSPS) is 16.6. The number of alkyl halides is 3. The van der Waals surface area contributed by atoms with Crippen LogP contribution in [0.15, 0.2) is 48.7 Å². The van der Waals surface area contributed by atoms with Gasteiger partial charge in [-0.2, -0.15) is 18.3 Å². The second-order valence-electron chi connectivity index (χ2n) is 9.01. The lowest BCUT2D eigenvalue weighted by molar-refractivity contribution is -0.140. The quantitative estimate of drug-likeness (QED) is 0.336. The predicted molar refractivity (Wildman–Crippen MR) is 126 cm³/mol. The molecular formula is C26H23F5N4O. The minimum Gasteiger partial charge on any atom is -0.503 e. The number of rotatable bonds is 4. The molecule has 36 heavy (non-hydrogen) atoms. The summed E-state index contributed by atoms with van der Waals surface area (Å²) < 4.78 is 70.1. The van der Waals surface area contributed by atoms with Crippen molar-refractivity contribution in [2.75, 3.05) is 11.4 Å². The summed E-state index contributed by atoms with van der Waals surface area (Å²) in [7, 11) is 1.58. The van der Waals surface area contributed by atoms with E-state index in [0.29, 0.717) is 17.4 Å². The Hall–Kier alpha value is -3.69. The molecule has 5 nitrogen and oxygen atoms in total. The van der Waals surface area contributed by atoms with Crippen molar-refractivity contribution in [3.63, 3.8) is 0 Å². The van der Waals surface area contributed by atoms with E-state index in [1.165, 1.54) is 16.4 Å². The van der Waals surface area contributed by atoms with E-state index < -0.39 is 34.7 Å². The van der Waals surface area contributed by atoms with Crippen molar-refractivity contribution in [3.8, 4) is 17.0 Å². The SMILES string of the molecule is Cn1nc(-c2cc(C(F)(F)F)c(F)c(O)c2F)c2cnc(N3CCCCC3Cc3ccccc3)cc21. The van der Waals surface area contributed by atoms with Gasteiger partial charge >= 0.3 is 6.18 Å². The van der Waals surface area contributed by atoms with Gasteiger partial charge in [0.05, 0.1) is 11.1 Å². The summed E-state index contributed by atoms with van der Waals surface area (Å²) in [6.45, 7) is 0.802. The fourth-order valence-electron chi connectivity index (χ4n) is 4.90. The number of aromatic nitrogens is 3. The van der Waals surface area contributed by atoms with Gasteiger partial charge < -0.3 is 10.0 Å². The van der Waals surface area contributed by atoms with Crippen LogP contribution < -0.4 is 4.90 Å². The molecule has 5 rings (SSSR count). The Balaban J connectivity index is 1.56. The molecule has 188 valence electrons. The van der Waals surface area contributed by atoms with E-state index >= 15 is 0 Å². The van der Waals surface area contributed by atoms with Crippen LogP contribution in [0.2, 0.25) is 0 Å². The summed E-state index contributed by atoms with van der Waals surface area (Å²) in [5, 5.41) is 14.2. The number of halogens is 5. The number of anilines is 1. The van der Waals surface area contributed by atoms with Crippen LogP contribution in [0.4, 0.5) is 27.8 Å². The summed E-state index contributed by atoms with van der Waals surface area (Å²) >= 11 is 0. The van der Waals surface area contributed by atoms with Crippen LogP contribution in [0.5, 0.6) is 5.75 Å². The number of piperidine rings is 1. The second kappa shape index (κ2) is 9.07. The van der Waals surface area contributed by atoms with Gasteiger partial charge in [0, 0.05) is 42.8 Å². The Morgan fingerprint density at radius 2 is 1.81 bits per heavy atom. The zero-order chi connectivity index (χ0) is 25.6. The zero-order valence-corrected chi connectivity index (χ0v) is 19.4. The summed E-state index contributed by atoms with van der Waals surface area (Å²) in [5.74, 6) is -4.57. The van der Waals surface area contributed by atoms with Crippen LogP contribution in [0.3, 0.4) is 0 Å². The largest absolute Gasteiger partial charge is 0.503 e. The van der Waals surface area contributed by atoms with E-state index in [9.17, 15) is 27.1 Å². The van der Waals surface area contributed by atoms with E-state index in [1.54, 1.807) is 13.1 Å². The highest BCUT2D eigenvalue weighted by Gasteiger charge is 2.38. The van der Waals surface area contributed by atoms with Gasteiger partial charge in [-0.15, -0.1) is 0 Å². The lowest BCUT2D eigenvalue weighted by Crippen LogP contribution is -2.41. The van der Waals surface area contributed by atoms with Gasteiger partial charge in [0.25, 0.3) is 0 Å². The van der Waals surface area contributed by atoms with Crippen molar-refractivity contribution in [3.05, 3.63) is 71.4 Å². The minimum absolute atomic E-state index is 0.163. The summed E-state index contributed by atoms with van der Waals surface area (Å²) in [6.07, 6.45) is 0.252. The van der Waals surface area contributed by atoms with Crippen molar-refractivity contribution >= 4 is 16.7 Å². The third-order valence-electron chi connectivity index (χ3n) is 6.69. The molecular weight excluding hydrogens is 479 g/mol. The van der Waals surface area contributed by atoms with Crippen molar-refractivity contribution in [2.24, 2.45) is 7.05 Å². The van der Waals surface area contributed by atoms with Crippen LogP contribution in [-0.4, -0.2) is 32.5 Å². The molecule has 1 aliphatic rings. The van der Waals surface area contributed by atoms with Gasteiger partial charge in [-0.25, -0.2) is 13.8 Å². The Kier molecular flexibility index (Phi) is 6.05. The third kappa shape index (κ3) is 4.25. The minimum atomic E-state index is -5.12. The number of nitrogens with zero attached hydrogens (tertiary/aromatic N) is 4. The zero-order valence-electron chi connectivity index (χ0n) is 19.4. The highest BCUT2D eigenvalue weighted by atomic mass is 19.4. The number of benzene rings is 2. The smallest absolute Gasteiger partial charge is 0.419 e. The van der Waals surface area contributed by atoms with Gasteiger partial charge in [0.1, 0.15) is 11.5 Å². The Morgan fingerprint density at radius 1 is 1.06 bits per heavy atom. The first kappa shape index (κ1) is 24.0. The molecule has 1 aliphatic heterocycles. The molecule has 3 heterocycles. The molecule has 0 radical (unpaired) electrons. The van der Waals surface area contributed by atoms with Crippen LogP contribution in [0, 0.1) is 11.6 Å². The Bertz CT molecular complexity index is 1420. The van der Waals surface area contributed by atoms with Crippen LogP contribution in [0.1, 0.15) is 30.4 Å². The van der Waals surface area contributed by atoms with Gasteiger partial charge in [0.15, 0.2) is 17.4 Å². The average Bonchev–Trinajstić information content (AvgIpc) is 3.18. The van der Waals surface area contributed by atoms with E-state index in [0.717, 1.165) is 32.2 Å². The molecule has 0 aliphatic carbocycles. The van der Waals surface area contributed by atoms with Gasteiger partial charge in [-0.05, 0) is 37.3 Å². The molecule has 2 aromatic heterocycles. The summed E-state index contributed by atoms with van der Waals surface area (Å²) in [6, 6.07) is 12.5. The second-order valence-corrected chi connectivity index (χ2v) is 9.01. The van der Waals surface area contributed by atoms with Crippen molar-refractivity contribution in [2.45, 2.75) is 37.9 Å². The lowest BCUT2D eigenvalue weighted by Gasteiger charge is -2.37. The highest BCUT2D eigenvalue weighted by molar-refractivity contribution is 5.94. The average molecular weight is 502 g/mol. The monoisotopic (exact) mass is 502 g/mol. The summed E-state index contributed by atoms with van der Waals surface area (Å²) in [5.41, 5.74) is -0.844. The first-order valence-electron chi connectivity index (χ1n) is 11.6. The van der Waals surface area contributed by atoms with E-state index in [4.69, 9.17) is 0 Å². The predicted octanol–water partition coefficient (Wildman–Crippen LogP) is 6.24. The molecule has 4 aromatic rings. The number of phenolic OH excluding ortho intramolecular Hbond substituents is 1. The van der Waals surface area contributed by atoms with Gasteiger partial charge in [-0.3, -0.25) is 4.68 Å². The first-order chi connectivity index (χ1) is 17.1. The van der Waals surface area contributed by atoms with Gasteiger partial charge in [0.2, 0.25) is 0 Å². The molecule has 10 heteroatoms. The molecule has 1 atom stereocenters. The standard InChI is InChI=1S/C26H23F5N4O/c1-34-20-13-21(35-10-6-5-9-16(35)11-15-7-3-2-4-8-15)32-14-18(20)24(33-34)17-12-19(26(29,30)31)23(28)25(36)22(17)27/h2-4,7-8,12-14,16,36H,5-6,9-11H2,1H3. The molecule has 0 bridgehead atoms. The topological polar surface area (TPSA) is 54.2 Å². The fraction of sp³-hybridized carbons (Fsp3) is 0.308. The maximum absolute atomic E-state index is 14.7. The number of pyridine rings is 1. The fourth-order valence-corrected chi connectivity index (χ4v) is 4.90. The van der Waals surface area contributed by atoms with Crippen molar-refractivity contribution in [1.29, 1.82) is 0 Å². The molecule has 1 fully saturated rings. The van der Waals surface area contributed by atoms with Crippen molar-refractivity contribution < 1.29 is 27.1 Å². The van der Waals surface area contributed by atoms with E-state index in [1.807, 2.05) is 18.2 Å². The van der Waals surface area contributed by atoms with Crippen LogP contribution in [-0.2, 0) is 19.6 Å². The highest BCUT2D eigenvalue weighted by Crippen LogP contribution is 2.42. The molecule has 0 saturated carbocycles. The number of aromatic hydroxyl groups is 1. The maximum atomic E-state index is 14.7. The number of aryl methyl sites for hydroxylation is 1. The van der Waals surface area contributed by atoms with Crippen LogP contribution >= 0.6 is 0 Å². The van der Waals surface area contributed by atoms with E-state index in [-0.39, 0.29) is 17.1 Å². The maximum Gasteiger partial charge on any atom is 0.419 e. The number of hydrogen-bond donors (Lipinski definition) is 1. The number of fused-ring (bicyclic) bond motifs is 1. The number of phenols is 1. The molecule has 1 N–H and O–H groups in total. The summed E-state index contributed by atoms with van der Waals surface area (Å²) in [4.78, 5) is 6.77. The first-order valence-corrected chi connectivity index (χ1v) is 11.6. The molecule has 2 aromatic carbocycles. The Morgan fingerprint density at radius 3 is 2.53 bits per heavy atom. The number of hydrogen-bond acceptors (Lipinski definition) is 4. The van der Waals surface area contributed by atoms with Crippen molar-refractivity contribution in [1.82, 2.24) is 14.8 Å². The van der Waals surface area contributed by atoms with Crippen LogP contribution in [0.25, 0.3) is 22.2 Å². The van der Waals surface area contributed by atoms with E-state index in [2.05, 4.69) is 27.1 Å². The molecule has 1 unspecified atom stereocenters. The molecule has 0 amide bonds.